The first-order chi connectivity index (χ1) is 21.2. The van der Waals surface area contributed by atoms with E-state index in [1.165, 1.54) is 27.7 Å². The van der Waals surface area contributed by atoms with Crippen molar-refractivity contribution in [3.8, 4) is 0 Å². The molecule has 0 radical (unpaired) electrons. The summed E-state index contributed by atoms with van der Waals surface area (Å²) in [6.45, 7) is 3.36. The van der Waals surface area contributed by atoms with Gasteiger partial charge in [0.25, 0.3) is 0 Å². The van der Waals surface area contributed by atoms with E-state index in [0.717, 1.165) is 13.8 Å². The summed E-state index contributed by atoms with van der Waals surface area (Å²) < 4.78 is 76.6. The lowest BCUT2D eigenvalue weighted by Gasteiger charge is -2.43. The van der Waals surface area contributed by atoms with Crippen LogP contribution in [0.1, 0.15) is 41.5 Å². The molecule has 1 N–H and O–H groups in total. The summed E-state index contributed by atoms with van der Waals surface area (Å²) in [5.74, 6) is -2.23. The van der Waals surface area contributed by atoms with Crippen LogP contribution in [-0.2, 0) is 75.3 Å². The summed E-state index contributed by atoms with van der Waals surface area (Å²) in [5, 5.41) is 0. The van der Waals surface area contributed by atoms with Crippen LogP contribution in [0.15, 0.2) is 0 Å². The van der Waals surface area contributed by atoms with Gasteiger partial charge in [-0.15, -0.1) is 0 Å². The van der Waals surface area contributed by atoms with Crippen molar-refractivity contribution in [2.75, 3.05) is 33.0 Å². The van der Waals surface area contributed by atoms with Crippen molar-refractivity contribution in [3.63, 3.8) is 0 Å². The number of carbonyl (C=O) groups excluding carboxylic acids is 6. The Morgan fingerprint density at radius 1 is 0.667 bits per heavy atom. The fourth-order valence-electron chi connectivity index (χ4n) is 3.20. The van der Waals surface area contributed by atoms with Crippen LogP contribution >= 0.6 is 7.82 Å². The molecule has 1 fully saturated rings. The molecule has 0 spiro atoms. The monoisotopic (exact) mass is 678 g/mol. The van der Waals surface area contributed by atoms with Crippen LogP contribution in [0, 0.1) is 0 Å². The van der Waals surface area contributed by atoms with Crippen molar-refractivity contribution in [2.24, 2.45) is 0 Å². The van der Waals surface area contributed by atoms with E-state index in [1.807, 2.05) is 0 Å². The summed E-state index contributed by atoms with van der Waals surface area (Å²) in [4.78, 5) is 82.2. The van der Waals surface area contributed by atoms with Crippen molar-refractivity contribution >= 4 is 44.4 Å². The van der Waals surface area contributed by atoms with E-state index >= 15 is 0 Å². The highest BCUT2D eigenvalue weighted by atomic mass is 31.2. The van der Waals surface area contributed by atoms with Crippen molar-refractivity contribution in [3.05, 3.63) is 0 Å². The zero-order valence-electron chi connectivity index (χ0n) is 25.1. The lowest BCUT2D eigenvalue weighted by Crippen LogP contribution is -2.63. The molecule has 1 rings (SSSR count). The Hall–Kier alpha value is -3.91. The summed E-state index contributed by atoms with van der Waals surface area (Å²) >= 11 is 0. The third-order valence-electron chi connectivity index (χ3n) is 4.68. The zero-order chi connectivity index (χ0) is 34.2. The van der Waals surface area contributed by atoms with E-state index in [9.17, 15) is 38.2 Å². The molecule has 258 valence electrons. The van der Waals surface area contributed by atoms with Gasteiger partial charge in [0, 0.05) is 13.8 Å². The molecule has 0 aromatic heterocycles. The molecule has 0 bridgehead atoms. The Bertz CT molecular complexity index is 1050. The highest BCUT2D eigenvalue weighted by Crippen LogP contribution is 2.48. The maximum Gasteiger partial charge on any atom is 0.508 e. The fraction of sp³-hybridized carbons (Fsp3) is 0.739. The molecule has 21 nitrogen and oxygen atoms in total. The Morgan fingerprint density at radius 2 is 1.09 bits per heavy atom. The third-order valence-corrected chi connectivity index (χ3v) is 5.60. The predicted molar refractivity (Wildman–Crippen MR) is 137 cm³/mol. The van der Waals surface area contributed by atoms with Crippen molar-refractivity contribution in [1.82, 2.24) is 0 Å². The van der Waals surface area contributed by atoms with Crippen LogP contribution < -0.4 is 0 Å². The molecule has 22 heteroatoms. The summed E-state index contributed by atoms with van der Waals surface area (Å²) in [7, 11) is -5.58. The van der Waals surface area contributed by atoms with Crippen LogP contribution in [0.25, 0.3) is 0 Å². The number of hydrogen-bond acceptors (Lipinski definition) is 20. The summed E-state index contributed by atoms with van der Waals surface area (Å²) in [5.41, 5.74) is 0. The number of ether oxygens (including phenoxy) is 11. The molecule has 1 aliphatic rings. The largest absolute Gasteiger partial charge is 0.508 e. The SMILES string of the molecule is CCOC(=O)OC[C@H]1O[C@H](OP(=O)(O)OC(OC(C)=O)OC(C)=O)[C@@H](OC(=O)OCC)[C@@H](OC(=O)OCC)[C@@H]1OC(=O)OCC. The first-order valence-electron chi connectivity index (χ1n) is 13.1. The molecular weight excluding hydrogens is 643 g/mol. The van der Waals surface area contributed by atoms with E-state index in [0.29, 0.717) is 0 Å². The molecule has 1 heterocycles. The molecule has 0 aromatic carbocycles. The van der Waals surface area contributed by atoms with Gasteiger partial charge in [-0.3, -0.25) is 14.1 Å². The molecular formula is C23H35O21P. The summed E-state index contributed by atoms with van der Waals surface area (Å²) in [6, 6.07) is 0. The van der Waals surface area contributed by atoms with Gasteiger partial charge in [-0.05, 0) is 27.7 Å². The van der Waals surface area contributed by atoms with E-state index in [1.54, 1.807) is 0 Å². The maximum absolute atomic E-state index is 13.0. The van der Waals surface area contributed by atoms with E-state index in [-0.39, 0.29) is 26.4 Å². The van der Waals surface area contributed by atoms with Crippen molar-refractivity contribution < 1.29 is 99.4 Å². The quantitative estimate of drug-likeness (QED) is 0.112. The lowest BCUT2D eigenvalue weighted by molar-refractivity contribution is -0.290. The van der Waals surface area contributed by atoms with E-state index < -0.39 is 88.2 Å². The van der Waals surface area contributed by atoms with Gasteiger partial charge in [0.15, 0.2) is 18.3 Å². The smallest absolute Gasteiger partial charge is 0.435 e. The highest BCUT2D eigenvalue weighted by Gasteiger charge is 2.56. The van der Waals surface area contributed by atoms with Crippen LogP contribution in [-0.4, -0.2) is 112 Å². The lowest BCUT2D eigenvalue weighted by atomic mass is 9.98. The van der Waals surface area contributed by atoms with Crippen molar-refractivity contribution in [2.45, 2.75) is 78.7 Å². The minimum Gasteiger partial charge on any atom is -0.435 e. The highest BCUT2D eigenvalue weighted by molar-refractivity contribution is 7.47. The molecule has 0 aliphatic carbocycles. The predicted octanol–water partition coefficient (Wildman–Crippen LogP) is 2.05. The van der Waals surface area contributed by atoms with Gasteiger partial charge in [0.2, 0.25) is 6.29 Å². The second-order valence-corrected chi connectivity index (χ2v) is 9.38. The number of phosphoric acid groups is 1. The minimum atomic E-state index is -5.58. The van der Waals surface area contributed by atoms with E-state index in [4.69, 9.17) is 42.4 Å². The first kappa shape index (κ1) is 39.1. The second-order valence-electron chi connectivity index (χ2n) is 8.02. The van der Waals surface area contributed by atoms with Gasteiger partial charge in [-0.1, -0.05) is 0 Å². The number of carbonyl (C=O) groups is 6. The Balaban J connectivity index is 3.64. The van der Waals surface area contributed by atoms with Crippen LogP contribution in [0.4, 0.5) is 19.2 Å². The molecule has 6 atom stereocenters. The second kappa shape index (κ2) is 19.5. The van der Waals surface area contributed by atoms with Gasteiger partial charge in [0.05, 0.1) is 26.4 Å². The number of hydrogen-bond donors (Lipinski definition) is 1. The standard InChI is InChI=1S/C23H35O21P/c1-7-32-19(26)36-11-14-15(40-20(27)33-8-2)16(41-21(28)34-9-3)17(42-22(29)35-10-4)18(39-14)43-45(30,31)44-23(37-12(5)24)38-13(6)25/h14-18,23H,7-11H2,1-6H3,(H,30,31)/t14-,15-,16+,17+,18-/m1/s1. The third kappa shape index (κ3) is 14.6. The average Bonchev–Trinajstić information content (AvgIpc) is 2.90. The van der Waals surface area contributed by atoms with Gasteiger partial charge >= 0.3 is 50.9 Å². The number of rotatable bonds is 15. The Kier molecular flexibility index (Phi) is 16.9. The normalized spacial score (nSPS) is 22.1. The zero-order valence-corrected chi connectivity index (χ0v) is 26.0. The first-order valence-corrected chi connectivity index (χ1v) is 14.6. The average molecular weight is 678 g/mol. The number of esters is 2. The van der Waals surface area contributed by atoms with Crippen molar-refractivity contribution in [1.29, 1.82) is 0 Å². The van der Waals surface area contributed by atoms with Crippen LogP contribution in [0.2, 0.25) is 0 Å². The van der Waals surface area contributed by atoms with Gasteiger partial charge in [-0.2, -0.15) is 0 Å². The molecule has 1 unspecified atom stereocenters. The molecule has 1 saturated heterocycles. The van der Waals surface area contributed by atoms with Gasteiger partial charge in [0.1, 0.15) is 12.7 Å². The van der Waals surface area contributed by atoms with Gasteiger partial charge < -0.3 is 57.0 Å². The van der Waals surface area contributed by atoms with Gasteiger partial charge in [-0.25, -0.2) is 28.3 Å². The van der Waals surface area contributed by atoms with Crippen LogP contribution in [0.5, 0.6) is 0 Å². The molecule has 0 aromatic rings. The molecule has 0 saturated carbocycles. The molecule has 45 heavy (non-hydrogen) atoms. The Morgan fingerprint density at radius 3 is 1.53 bits per heavy atom. The number of phosphoric ester groups is 1. The van der Waals surface area contributed by atoms with E-state index in [2.05, 4.69) is 18.7 Å². The molecule has 0 amide bonds. The van der Waals surface area contributed by atoms with Crippen LogP contribution in [0.3, 0.4) is 0 Å². The fourth-order valence-corrected chi connectivity index (χ4v) is 3.99. The Labute approximate surface area is 256 Å². The minimum absolute atomic E-state index is 0.111. The summed E-state index contributed by atoms with van der Waals surface area (Å²) in [6.07, 6.45) is -15.6. The topological polar surface area (TPSA) is 260 Å². The molecule has 1 aliphatic heterocycles. The maximum atomic E-state index is 13.0.